The number of benzene rings is 1. The maximum absolute atomic E-state index is 12.3. The third-order valence-electron chi connectivity index (χ3n) is 4.55. The fourth-order valence-electron chi connectivity index (χ4n) is 3.52. The Hall–Kier alpha value is -1.86. The van der Waals surface area contributed by atoms with Crippen molar-refractivity contribution in [1.29, 1.82) is 5.26 Å². The summed E-state index contributed by atoms with van der Waals surface area (Å²) < 4.78 is 0. The van der Waals surface area contributed by atoms with Gasteiger partial charge in [-0.15, -0.1) is 0 Å². The van der Waals surface area contributed by atoms with Crippen LogP contribution >= 0.6 is 0 Å². The standard InChI is InChI=1S/C16H19N3O/c17-8-11-3-1-4-12(7-11)9-19-16(20)15-14-6-2-5-13(14)10-18-15/h1,3-4,7,13-15,18H,2,5-6,9-10H2,(H,19,20). The summed E-state index contributed by atoms with van der Waals surface area (Å²) in [5.41, 5.74) is 1.60. The van der Waals surface area contributed by atoms with Crippen LogP contribution in [0.1, 0.15) is 30.4 Å². The van der Waals surface area contributed by atoms with Gasteiger partial charge in [0.15, 0.2) is 0 Å². The lowest BCUT2D eigenvalue weighted by Gasteiger charge is -2.17. The Bertz CT molecular complexity index is 549. The van der Waals surface area contributed by atoms with Crippen molar-refractivity contribution in [2.75, 3.05) is 6.54 Å². The van der Waals surface area contributed by atoms with Gasteiger partial charge in [-0.05, 0) is 48.9 Å². The van der Waals surface area contributed by atoms with Crippen LogP contribution in [0, 0.1) is 23.2 Å². The lowest BCUT2D eigenvalue weighted by molar-refractivity contribution is -0.123. The van der Waals surface area contributed by atoms with Crippen molar-refractivity contribution < 1.29 is 4.79 Å². The number of carbonyl (C=O) groups is 1. The fourth-order valence-corrected chi connectivity index (χ4v) is 3.52. The van der Waals surface area contributed by atoms with Crippen LogP contribution in [0.2, 0.25) is 0 Å². The molecule has 1 heterocycles. The first kappa shape index (κ1) is 13.1. The molecule has 0 radical (unpaired) electrons. The molecule has 1 saturated heterocycles. The highest BCUT2D eigenvalue weighted by Gasteiger charge is 2.42. The lowest BCUT2D eigenvalue weighted by Crippen LogP contribution is -2.43. The smallest absolute Gasteiger partial charge is 0.237 e. The largest absolute Gasteiger partial charge is 0.351 e. The highest BCUT2D eigenvalue weighted by atomic mass is 16.2. The number of nitriles is 1. The second-order valence-electron chi connectivity index (χ2n) is 5.77. The van der Waals surface area contributed by atoms with Crippen LogP contribution in [0.3, 0.4) is 0 Å². The highest BCUT2D eigenvalue weighted by Crippen LogP contribution is 2.37. The van der Waals surface area contributed by atoms with Gasteiger partial charge in [0.2, 0.25) is 5.91 Å². The zero-order valence-corrected chi connectivity index (χ0v) is 11.4. The monoisotopic (exact) mass is 269 g/mol. The molecule has 4 nitrogen and oxygen atoms in total. The molecule has 3 atom stereocenters. The average Bonchev–Trinajstić information content (AvgIpc) is 3.07. The van der Waals surface area contributed by atoms with E-state index in [4.69, 9.17) is 5.26 Å². The third kappa shape index (κ3) is 2.54. The molecule has 1 aliphatic carbocycles. The van der Waals surface area contributed by atoms with E-state index >= 15 is 0 Å². The lowest BCUT2D eigenvalue weighted by atomic mass is 9.93. The maximum atomic E-state index is 12.3. The number of carbonyl (C=O) groups excluding carboxylic acids is 1. The highest BCUT2D eigenvalue weighted by molar-refractivity contribution is 5.82. The second kappa shape index (κ2) is 5.64. The number of hydrogen-bond donors (Lipinski definition) is 2. The van der Waals surface area contributed by atoms with Gasteiger partial charge >= 0.3 is 0 Å². The molecule has 4 heteroatoms. The first-order chi connectivity index (χ1) is 9.78. The minimum Gasteiger partial charge on any atom is -0.351 e. The van der Waals surface area contributed by atoms with Gasteiger partial charge in [0.05, 0.1) is 17.7 Å². The van der Waals surface area contributed by atoms with Crippen molar-refractivity contribution in [3.63, 3.8) is 0 Å². The number of amides is 1. The minimum absolute atomic E-state index is 0.0263. The Kier molecular flexibility index (Phi) is 3.70. The van der Waals surface area contributed by atoms with Crippen molar-refractivity contribution in [3.05, 3.63) is 35.4 Å². The first-order valence-electron chi connectivity index (χ1n) is 7.28. The van der Waals surface area contributed by atoms with E-state index < -0.39 is 0 Å². The number of hydrogen-bond acceptors (Lipinski definition) is 3. The molecule has 2 aliphatic rings. The molecule has 1 amide bonds. The molecule has 1 aliphatic heterocycles. The normalized spacial score (nSPS) is 27.9. The Morgan fingerprint density at radius 3 is 3.20 bits per heavy atom. The predicted molar refractivity (Wildman–Crippen MR) is 75.6 cm³/mol. The van der Waals surface area contributed by atoms with Gasteiger partial charge in [0.25, 0.3) is 0 Å². The summed E-state index contributed by atoms with van der Waals surface area (Å²) in [5.74, 6) is 1.30. The number of nitrogens with one attached hydrogen (secondary N) is 2. The van der Waals surface area contributed by atoms with E-state index in [0.717, 1.165) is 12.1 Å². The van der Waals surface area contributed by atoms with Crippen molar-refractivity contribution >= 4 is 5.91 Å². The number of rotatable bonds is 3. The SMILES string of the molecule is N#Cc1cccc(CNC(=O)C2NCC3CCCC32)c1. The third-order valence-corrected chi connectivity index (χ3v) is 4.55. The zero-order valence-electron chi connectivity index (χ0n) is 11.4. The summed E-state index contributed by atoms with van der Waals surface area (Å²) in [7, 11) is 0. The van der Waals surface area contributed by atoms with E-state index in [1.165, 1.54) is 19.3 Å². The molecule has 104 valence electrons. The molecular formula is C16H19N3O. The van der Waals surface area contributed by atoms with Crippen LogP contribution in [-0.2, 0) is 11.3 Å². The number of fused-ring (bicyclic) bond motifs is 1. The van der Waals surface area contributed by atoms with E-state index in [1.54, 1.807) is 6.07 Å². The minimum atomic E-state index is -0.0263. The summed E-state index contributed by atoms with van der Waals surface area (Å²) in [5, 5.41) is 15.2. The summed E-state index contributed by atoms with van der Waals surface area (Å²) in [6.07, 6.45) is 3.68. The van der Waals surface area contributed by atoms with Gasteiger partial charge in [0.1, 0.15) is 0 Å². The van der Waals surface area contributed by atoms with Crippen LogP contribution in [-0.4, -0.2) is 18.5 Å². The molecule has 1 aromatic rings. The molecule has 1 saturated carbocycles. The van der Waals surface area contributed by atoms with Crippen LogP contribution in [0.15, 0.2) is 24.3 Å². The van der Waals surface area contributed by atoms with E-state index in [1.807, 2.05) is 18.2 Å². The van der Waals surface area contributed by atoms with Crippen LogP contribution < -0.4 is 10.6 Å². The average molecular weight is 269 g/mol. The van der Waals surface area contributed by atoms with Crippen LogP contribution in [0.25, 0.3) is 0 Å². The molecule has 0 bridgehead atoms. The molecule has 20 heavy (non-hydrogen) atoms. The maximum Gasteiger partial charge on any atom is 0.237 e. The Morgan fingerprint density at radius 2 is 2.35 bits per heavy atom. The van der Waals surface area contributed by atoms with E-state index in [-0.39, 0.29) is 11.9 Å². The van der Waals surface area contributed by atoms with Gasteiger partial charge in [-0.25, -0.2) is 0 Å². The van der Waals surface area contributed by atoms with E-state index in [0.29, 0.717) is 23.9 Å². The molecule has 0 spiro atoms. The van der Waals surface area contributed by atoms with Gasteiger partial charge in [-0.2, -0.15) is 5.26 Å². The summed E-state index contributed by atoms with van der Waals surface area (Å²) in [6, 6.07) is 9.46. The summed E-state index contributed by atoms with van der Waals surface area (Å²) >= 11 is 0. The van der Waals surface area contributed by atoms with Gasteiger partial charge in [0, 0.05) is 6.54 Å². The predicted octanol–water partition coefficient (Wildman–Crippen LogP) is 1.56. The van der Waals surface area contributed by atoms with Gasteiger partial charge in [-0.1, -0.05) is 18.6 Å². The van der Waals surface area contributed by atoms with Gasteiger partial charge < -0.3 is 10.6 Å². The molecule has 1 aromatic carbocycles. The van der Waals surface area contributed by atoms with Crippen molar-refractivity contribution in [2.45, 2.75) is 31.8 Å². The fraction of sp³-hybridized carbons (Fsp3) is 0.500. The van der Waals surface area contributed by atoms with E-state index in [9.17, 15) is 4.79 Å². The molecular weight excluding hydrogens is 250 g/mol. The Labute approximate surface area is 119 Å². The topological polar surface area (TPSA) is 64.9 Å². The van der Waals surface area contributed by atoms with Crippen LogP contribution in [0.5, 0.6) is 0 Å². The van der Waals surface area contributed by atoms with Crippen LogP contribution in [0.4, 0.5) is 0 Å². The molecule has 0 aromatic heterocycles. The van der Waals surface area contributed by atoms with E-state index in [2.05, 4.69) is 16.7 Å². The molecule has 2 N–H and O–H groups in total. The Morgan fingerprint density at radius 1 is 1.45 bits per heavy atom. The molecule has 3 unspecified atom stereocenters. The van der Waals surface area contributed by atoms with Crippen molar-refractivity contribution in [1.82, 2.24) is 10.6 Å². The quantitative estimate of drug-likeness (QED) is 0.875. The summed E-state index contributed by atoms with van der Waals surface area (Å²) in [6.45, 7) is 1.47. The Balaban J connectivity index is 1.58. The summed E-state index contributed by atoms with van der Waals surface area (Å²) in [4.78, 5) is 12.3. The molecule has 2 fully saturated rings. The van der Waals surface area contributed by atoms with Crippen molar-refractivity contribution in [3.8, 4) is 6.07 Å². The van der Waals surface area contributed by atoms with Gasteiger partial charge in [-0.3, -0.25) is 4.79 Å². The second-order valence-corrected chi connectivity index (χ2v) is 5.77. The zero-order chi connectivity index (χ0) is 13.9. The number of nitrogens with zero attached hydrogens (tertiary/aromatic N) is 1. The first-order valence-corrected chi connectivity index (χ1v) is 7.28. The van der Waals surface area contributed by atoms with Crippen molar-refractivity contribution in [2.24, 2.45) is 11.8 Å². The molecule has 3 rings (SSSR count).